The van der Waals surface area contributed by atoms with E-state index in [-0.39, 0.29) is 6.42 Å². The molecule has 4 rings (SSSR count). The van der Waals surface area contributed by atoms with Gasteiger partial charge in [-0.15, -0.1) is 0 Å². The molecule has 9 heteroatoms. The van der Waals surface area contributed by atoms with E-state index in [2.05, 4.69) is 14.9 Å². The quantitative estimate of drug-likeness (QED) is 0.514. The Balaban J connectivity index is 1.52. The molecule has 0 unspecified atom stereocenters. The van der Waals surface area contributed by atoms with Gasteiger partial charge < -0.3 is 15.0 Å². The molecular weight excluding hydrogens is 457 g/mol. The van der Waals surface area contributed by atoms with E-state index in [4.69, 9.17) is 4.74 Å². The van der Waals surface area contributed by atoms with Crippen LogP contribution < -0.4 is 14.9 Å². The van der Waals surface area contributed by atoms with Crippen molar-refractivity contribution in [2.75, 3.05) is 36.5 Å². The van der Waals surface area contributed by atoms with Crippen LogP contribution in [-0.4, -0.2) is 46.7 Å². The molecule has 3 aromatic carbocycles. The van der Waals surface area contributed by atoms with Crippen molar-refractivity contribution < 1.29 is 22.3 Å². The van der Waals surface area contributed by atoms with E-state index in [9.17, 15) is 17.6 Å². The van der Waals surface area contributed by atoms with Crippen LogP contribution in [0.2, 0.25) is 0 Å². The molecule has 0 aromatic heterocycles. The van der Waals surface area contributed by atoms with Crippen LogP contribution in [0.3, 0.4) is 0 Å². The second kappa shape index (κ2) is 10.8. The number of carbonyl (C=O) groups excluding carboxylic acids is 1. The van der Waals surface area contributed by atoms with Crippen LogP contribution in [0.15, 0.2) is 83.8 Å². The molecule has 34 heavy (non-hydrogen) atoms. The normalized spacial score (nSPS) is 15.0. The number of morpholine rings is 1. The Morgan fingerprint density at radius 2 is 1.59 bits per heavy atom. The maximum atomic E-state index is 14.2. The van der Waals surface area contributed by atoms with Crippen molar-refractivity contribution in [1.82, 2.24) is 4.72 Å². The second-order valence-electron chi connectivity index (χ2n) is 7.93. The van der Waals surface area contributed by atoms with Crippen LogP contribution >= 0.6 is 0 Å². The van der Waals surface area contributed by atoms with Crippen molar-refractivity contribution in [2.24, 2.45) is 0 Å². The minimum atomic E-state index is -4.27. The highest BCUT2D eigenvalue weighted by molar-refractivity contribution is 7.89. The fourth-order valence-corrected chi connectivity index (χ4v) is 5.03. The van der Waals surface area contributed by atoms with Crippen LogP contribution in [0, 0.1) is 5.82 Å². The monoisotopic (exact) mass is 483 g/mol. The molecule has 7 nitrogen and oxygen atoms in total. The summed E-state index contributed by atoms with van der Waals surface area (Å²) in [4.78, 5) is 14.8. The summed E-state index contributed by atoms with van der Waals surface area (Å²) in [6.07, 6.45) is 0.103. The Kier molecular flexibility index (Phi) is 7.56. The maximum absolute atomic E-state index is 14.2. The molecule has 0 aliphatic carbocycles. The molecule has 1 fully saturated rings. The number of sulfonamides is 1. The smallest absolute Gasteiger partial charge is 0.244 e. The van der Waals surface area contributed by atoms with Gasteiger partial charge in [-0.1, -0.05) is 42.5 Å². The minimum Gasteiger partial charge on any atom is -0.378 e. The van der Waals surface area contributed by atoms with E-state index >= 15 is 0 Å². The van der Waals surface area contributed by atoms with E-state index in [0.717, 1.165) is 30.4 Å². The summed E-state index contributed by atoms with van der Waals surface area (Å²) in [7, 11) is -4.27. The average Bonchev–Trinajstić information content (AvgIpc) is 2.85. The Morgan fingerprint density at radius 1 is 0.941 bits per heavy atom. The Hall–Kier alpha value is -3.27. The number of carbonyl (C=O) groups is 1. The summed E-state index contributed by atoms with van der Waals surface area (Å²) in [6.45, 7) is 2.93. The van der Waals surface area contributed by atoms with Gasteiger partial charge in [-0.25, -0.2) is 12.8 Å². The van der Waals surface area contributed by atoms with Crippen LogP contribution in [0.4, 0.5) is 15.8 Å². The number of hydrogen-bond acceptors (Lipinski definition) is 5. The fraction of sp³-hybridized carbons (Fsp3) is 0.240. The summed E-state index contributed by atoms with van der Waals surface area (Å²) in [5.41, 5.74) is 2.31. The third-order valence-corrected chi connectivity index (χ3v) is 7.04. The van der Waals surface area contributed by atoms with Crippen molar-refractivity contribution in [2.45, 2.75) is 17.4 Å². The first kappa shape index (κ1) is 23.9. The van der Waals surface area contributed by atoms with Gasteiger partial charge >= 0.3 is 0 Å². The SMILES string of the molecule is O=C(Nc1ccc(N2CCOCC2)cc1)[C@H](Cc1ccccc1)NS(=O)(=O)c1ccccc1F. The number of benzene rings is 3. The lowest BCUT2D eigenvalue weighted by Crippen LogP contribution is -2.45. The topological polar surface area (TPSA) is 87.7 Å². The molecule has 2 N–H and O–H groups in total. The van der Waals surface area contributed by atoms with Crippen molar-refractivity contribution in [1.29, 1.82) is 0 Å². The third kappa shape index (κ3) is 5.99. The lowest BCUT2D eigenvalue weighted by Gasteiger charge is -2.29. The lowest BCUT2D eigenvalue weighted by atomic mass is 10.1. The summed E-state index contributed by atoms with van der Waals surface area (Å²) >= 11 is 0. The molecular formula is C25H26FN3O4S. The fourth-order valence-electron chi connectivity index (χ4n) is 3.76. The average molecular weight is 484 g/mol. The van der Waals surface area contributed by atoms with Gasteiger partial charge in [0.1, 0.15) is 16.8 Å². The van der Waals surface area contributed by atoms with Crippen molar-refractivity contribution in [3.63, 3.8) is 0 Å². The predicted octanol–water partition coefficient (Wildman–Crippen LogP) is 3.19. The summed E-state index contributed by atoms with van der Waals surface area (Å²) in [6, 6.07) is 20.3. The molecule has 178 valence electrons. The van der Waals surface area contributed by atoms with Gasteiger partial charge in [0.25, 0.3) is 0 Å². The number of ether oxygens (including phenoxy) is 1. The van der Waals surface area contributed by atoms with Crippen LogP contribution in [-0.2, 0) is 26.0 Å². The van der Waals surface area contributed by atoms with Gasteiger partial charge in [0.2, 0.25) is 15.9 Å². The molecule has 1 aliphatic rings. The van der Waals surface area contributed by atoms with E-state index in [1.807, 2.05) is 18.2 Å². The molecule has 0 saturated carbocycles. The Labute approximate surface area is 198 Å². The summed E-state index contributed by atoms with van der Waals surface area (Å²) in [5, 5.41) is 2.78. The zero-order valence-electron chi connectivity index (χ0n) is 18.5. The van der Waals surface area contributed by atoms with Crippen LogP contribution in [0.5, 0.6) is 0 Å². The van der Waals surface area contributed by atoms with Gasteiger partial charge in [0.05, 0.1) is 13.2 Å². The standard InChI is InChI=1S/C25H26FN3O4S/c26-22-8-4-5-9-24(22)34(31,32)28-23(18-19-6-2-1-3-7-19)25(30)27-20-10-12-21(13-11-20)29-14-16-33-17-15-29/h1-13,23,28H,14-18H2,(H,27,30)/t23-/m0/s1. The third-order valence-electron chi connectivity index (χ3n) is 5.53. The highest BCUT2D eigenvalue weighted by Gasteiger charge is 2.28. The molecule has 3 aromatic rings. The Morgan fingerprint density at radius 3 is 2.26 bits per heavy atom. The van der Waals surface area contributed by atoms with Crippen LogP contribution in [0.1, 0.15) is 5.56 Å². The summed E-state index contributed by atoms with van der Waals surface area (Å²) < 4.78 is 47.7. The highest BCUT2D eigenvalue weighted by Crippen LogP contribution is 2.20. The number of anilines is 2. The van der Waals surface area contributed by atoms with E-state index in [1.165, 1.54) is 18.2 Å². The van der Waals surface area contributed by atoms with Crippen LogP contribution in [0.25, 0.3) is 0 Å². The van der Waals surface area contributed by atoms with E-state index in [0.29, 0.717) is 18.9 Å². The van der Waals surface area contributed by atoms with Gasteiger partial charge in [-0.3, -0.25) is 4.79 Å². The minimum absolute atomic E-state index is 0.103. The Bertz CT molecular complexity index is 1210. The lowest BCUT2D eigenvalue weighted by molar-refractivity contribution is -0.117. The number of nitrogens with one attached hydrogen (secondary N) is 2. The number of rotatable bonds is 8. The largest absolute Gasteiger partial charge is 0.378 e. The number of halogens is 1. The van der Waals surface area contributed by atoms with Gasteiger partial charge in [0.15, 0.2) is 0 Å². The molecule has 1 amide bonds. The van der Waals surface area contributed by atoms with E-state index in [1.54, 1.807) is 36.4 Å². The predicted molar refractivity (Wildman–Crippen MR) is 129 cm³/mol. The first-order chi connectivity index (χ1) is 16.4. The highest BCUT2D eigenvalue weighted by atomic mass is 32.2. The molecule has 0 bridgehead atoms. The van der Waals surface area contributed by atoms with Gasteiger partial charge in [-0.2, -0.15) is 4.72 Å². The van der Waals surface area contributed by atoms with Crippen molar-refractivity contribution in [3.05, 3.63) is 90.2 Å². The molecule has 1 atom stereocenters. The molecule has 0 radical (unpaired) electrons. The van der Waals surface area contributed by atoms with Crippen molar-refractivity contribution in [3.8, 4) is 0 Å². The number of amides is 1. The zero-order chi connectivity index (χ0) is 24.0. The van der Waals surface area contributed by atoms with Gasteiger partial charge in [-0.05, 0) is 48.4 Å². The maximum Gasteiger partial charge on any atom is 0.244 e. The first-order valence-electron chi connectivity index (χ1n) is 11.0. The second-order valence-corrected chi connectivity index (χ2v) is 9.61. The van der Waals surface area contributed by atoms with Crippen molar-refractivity contribution >= 4 is 27.3 Å². The number of hydrogen-bond donors (Lipinski definition) is 2. The molecule has 1 saturated heterocycles. The molecule has 0 spiro atoms. The first-order valence-corrected chi connectivity index (χ1v) is 12.4. The van der Waals surface area contributed by atoms with Gasteiger partial charge in [0, 0.05) is 24.5 Å². The molecule has 1 aliphatic heterocycles. The number of nitrogens with zero attached hydrogens (tertiary/aromatic N) is 1. The van der Waals surface area contributed by atoms with E-state index < -0.39 is 32.7 Å². The summed E-state index contributed by atoms with van der Waals surface area (Å²) in [5.74, 6) is -1.42. The zero-order valence-corrected chi connectivity index (χ0v) is 19.3. The molecule has 1 heterocycles.